The lowest BCUT2D eigenvalue weighted by Crippen LogP contribution is -2.40. The van der Waals surface area contributed by atoms with Gasteiger partial charge in [-0.2, -0.15) is 0 Å². The molecule has 4 atom stereocenters. The second-order valence-electron chi connectivity index (χ2n) is 8.22. The monoisotopic (exact) mass is 310 g/mol. The predicted octanol–water partition coefficient (Wildman–Crippen LogP) is 5.89. The molecule has 3 aliphatic carbocycles. The highest BCUT2D eigenvalue weighted by molar-refractivity contribution is 5.41. The molecule has 1 aromatic rings. The number of fused-ring (bicyclic) bond motifs is 5. The molecule has 0 amide bonds. The molecule has 1 nitrogen and oxygen atoms in total. The number of aryl methyl sites for hydroxylation is 1. The molecule has 0 radical (unpaired) electrons. The van der Waals surface area contributed by atoms with Crippen molar-refractivity contribution in [1.29, 1.82) is 0 Å². The lowest BCUT2D eigenvalue weighted by Gasteiger charge is -2.49. The maximum absolute atomic E-state index is 5.85. The molecule has 0 saturated heterocycles. The first-order valence-corrected chi connectivity index (χ1v) is 9.57. The Hall–Kier alpha value is -1.24. The third kappa shape index (κ3) is 2.35. The summed E-state index contributed by atoms with van der Waals surface area (Å²) in [7, 11) is 0. The Bertz CT molecular complexity index is 616. The number of benzene rings is 1. The maximum Gasteiger partial charge on any atom is 0.119 e. The summed E-state index contributed by atoms with van der Waals surface area (Å²) < 4.78 is 5.85. The Morgan fingerprint density at radius 1 is 1.22 bits per heavy atom. The summed E-state index contributed by atoms with van der Waals surface area (Å²) >= 11 is 0. The van der Waals surface area contributed by atoms with Crippen molar-refractivity contribution in [2.45, 2.75) is 64.7 Å². The largest absolute Gasteiger partial charge is 0.494 e. The Balaban J connectivity index is 1.61. The van der Waals surface area contributed by atoms with Crippen LogP contribution < -0.4 is 4.74 Å². The van der Waals surface area contributed by atoms with Crippen molar-refractivity contribution in [3.8, 4) is 5.75 Å². The highest BCUT2D eigenvalue weighted by Crippen LogP contribution is 2.62. The molecule has 0 aliphatic heterocycles. The molecular formula is C22H30O. The zero-order valence-electron chi connectivity index (χ0n) is 14.7. The summed E-state index contributed by atoms with van der Waals surface area (Å²) in [4.78, 5) is 0. The van der Waals surface area contributed by atoms with E-state index in [-0.39, 0.29) is 0 Å². The van der Waals surface area contributed by atoms with Crippen LogP contribution in [0.15, 0.2) is 30.4 Å². The third-order valence-electron chi connectivity index (χ3n) is 7.13. The van der Waals surface area contributed by atoms with Crippen LogP contribution in [0.4, 0.5) is 0 Å². The first-order valence-electron chi connectivity index (χ1n) is 9.57. The summed E-state index contributed by atoms with van der Waals surface area (Å²) in [6.07, 6.45) is 9.00. The van der Waals surface area contributed by atoms with Gasteiger partial charge in [0.1, 0.15) is 5.75 Å². The molecule has 0 heterocycles. The van der Waals surface area contributed by atoms with Gasteiger partial charge in [0.05, 0.1) is 6.61 Å². The van der Waals surface area contributed by atoms with Gasteiger partial charge >= 0.3 is 0 Å². The Morgan fingerprint density at radius 2 is 2.09 bits per heavy atom. The fourth-order valence-corrected chi connectivity index (χ4v) is 5.78. The van der Waals surface area contributed by atoms with E-state index in [4.69, 9.17) is 4.74 Å². The topological polar surface area (TPSA) is 9.23 Å². The van der Waals surface area contributed by atoms with E-state index in [1.54, 1.807) is 11.1 Å². The van der Waals surface area contributed by atoms with Gasteiger partial charge in [-0.3, -0.25) is 0 Å². The molecule has 4 unspecified atom stereocenters. The molecule has 0 aromatic heterocycles. The van der Waals surface area contributed by atoms with E-state index in [2.05, 4.69) is 38.6 Å². The first-order chi connectivity index (χ1) is 11.1. The van der Waals surface area contributed by atoms with E-state index in [9.17, 15) is 0 Å². The fourth-order valence-electron chi connectivity index (χ4n) is 5.78. The van der Waals surface area contributed by atoms with Crippen LogP contribution >= 0.6 is 0 Å². The van der Waals surface area contributed by atoms with Crippen molar-refractivity contribution in [2.24, 2.45) is 17.3 Å². The van der Waals surface area contributed by atoms with E-state index < -0.39 is 0 Å². The summed E-state index contributed by atoms with van der Waals surface area (Å²) in [6, 6.07) is 6.91. The van der Waals surface area contributed by atoms with Crippen molar-refractivity contribution in [3.05, 3.63) is 41.5 Å². The van der Waals surface area contributed by atoms with Crippen LogP contribution in [0.5, 0.6) is 5.75 Å². The molecule has 23 heavy (non-hydrogen) atoms. The Morgan fingerprint density at radius 3 is 2.91 bits per heavy atom. The molecule has 2 saturated carbocycles. The summed E-state index contributed by atoms with van der Waals surface area (Å²) in [5, 5.41) is 0. The minimum absolute atomic E-state index is 0.433. The second kappa shape index (κ2) is 5.69. The van der Waals surface area contributed by atoms with Crippen molar-refractivity contribution in [2.75, 3.05) is 6.61 Å². The van der Waals surface area contributed by atoms with E-state index >= 15 is 0 Å². The number of allylic oxidation sites excluding steroid dienone is 1. The van der Waals surface area contributed by atoms with E-state index in [0.717, 1.165) is 36.5 Å². The zero-order valence-corrected chi connectivity index (χ0v) is 14.7. The van der Waals surface area contributed by atoms with E-state index in [1.165, 1.54) is 44.1 Å². The van der Waals surface area contributed by atoms with Gasteiger partial charge < -0.3 is 4.74 Å². The van der Waals surface area contributed by atoms with Crippen molar-refractivity contribution >= 4 is 0 Å². The van der Waals surface area contributed by atoms with Crippen molar-refractivity contribution in [3.63, 3.8) is 0 Å². The quantitative estimate of drug-likeness (QED) is 0.633. The molecule has 0 N–H and O–H groups in total. The molecule has 2 fully saturated rings. The SMILES string of the molecule is C=C1CCC2C3CCc4cc(OCCC)ccc4C3CCC12C. The van der Waals surface area contributed by atoms with Gasteiger partial charge in [0.2, 0.25) is 0 Å². The molecule has 124 valence electrons. The van der Waals surface area contributed by atoms with Crippen LogP contribution in [0.25, 0.3) is 0 Å². The van der Waals surface area contributed by atoms with Crippen LogP contribution in [0, 0.1) is 17.3 Å². The van der Waals surface area contributed by atoms with Crippen LogP contribution in [-0.2, 0) is 6.42 Å². The lowest BCUT2D eigenvalue weighted by atomic mass is 9.55. The number of rotatable bonds is 3. The normalized spacial score (nSPS) is 35.4. The average molecular weight is 310 g/mol. The minimum atomic E-state index is 0.433. The first kappa shape index (κ1) is 15.3. The van der Waals surface area contributed by atoms with Crippen LogP contribution in [0.1, 0.15) is 69.4 Å². The summed E-state index contributed by atoms with van der Waals surface area (Å²) in [5.74, 6) is 3.60. The fraction of sp³-hybridized carbons (Fsp3) is 0.636. The smallest absolute Gasteiger partial charge is 0.119 e. The molecule has 0 spiro atoms. The van der Waals surface area contributed by atoms with Gasteiger partial charge in [-0.1, -0.05) is 32.1 Å². The molecule has 4 rings (SSSR count). The molecule has 1 aromatic carbocycles. The van der Waals surface area contributed by atoms with Gasteiger partial charge in [-0.05, 0) is 91.4 Å². The highest BCUT2D eigenvalue weighted by Gasteiger charge is 2.51. The zero-order chi connectivity index (χ0) is 16.0. The molecular weight excluding hydrogens is 280 g/mol. The van der Waals surface area contributed by atoms with Gasteiger partial charge in [0, 0.05) is 0 Å². The third-order valence-corrected chi connectivity index (χ3v) is 7.13. The van der Waals surface area contributed by atoms with E-state index in [0.29, 0.717) is 5.41 Å². The molecule has 3 aliphatic rings. The Labute approximate surface area is 141 Å². The maximum atomic E-state index is 5.85. The molecule has 0 bridgehead atoms. The Kier molecular flexibility index (Phi) is 3.78. The van der Waals surface area contributed by atoms with Gasteiger partial charge in [-0.15, -0.1) is 0 Å². The van der Waals surface area contributed by atoms with E-state index in [1.807, 2.05) is 0 Å². The second-order valence-corrected chi connectivity index (χ2v) is 8.22. The number of hydrogen-bond acceptors (Lipinski definition) is 1. The standard InChI is InChI=1S/C22H30O/c1-4-13-23-17-7-9-18-16(14-17)6-8-20-19(18)11-12-22(3)15(2)5-10-21(20)22/h7,9,14,19-21H,2,4-6,8,10-13H2,1,3H3. The highest BCUT2D eigenvalue weighted by atomic mass is 16.5. The van der Waals surface area contributed by atoms with Crippen LogP contribution in [0.2, 0.25) is 0 Å². The predicted molar refractivity (Wildman–Crippen MR) is 96.0 cm³/mol. The molecule has 1 heteroatoms. The van der Waals surface area contributed by atoms with Gasteiger partial charge in [0.25, 0.3) is 0 Å². The average Bonchev–Trinajstić information content (AvgIpc) is 2.88. The van der Waals surface area contributed by atoms with Crippen LogP contribution in [-0.4, -0.2) is 6.61 Å². The van der Waals surface area contributed by atoms with Gasteiger partial charge in [0.15, 0.2) is 0 Å². The van der Waals surface area contributed by atoms with Crippen molar-refractivity contribution in [1.82, 2.24) is 0 Å². The lowest BCUT2D eigenvalue weighted by molar-refractivity contribution is 0.0816. The summed E-state index contributed by atoms with van der Waals surface area (Å²) in [6.45, 7) is 9.91. The van der Waals surface area contributed by atoms with Crippen LogP contribution in [0.3, 0.4) is 0 Å². The van der Waals surface area contributed by atoms with Gasteiger partial charge in [-0.25, -0.2) is 0 Å². The minimum Gasteiger partial charge on any atom is -0.494 e. The summed E-state index contributed by atoms with van der Waals surface area (Å²) in [5.41, 5.74) is 5.16. The number of ether oxygens (including phenoxy) is 1. The van der Waals surface area contributed by atoms with Crippen molar-refractivity contribution < 1.29 is 4.74 Å². The number of hydrogen-bond donors (Lipinski definition) is 0.